The maximum atomic E-state index is 3.89. The summed E-state index contributed by atoms with van der Waals surface area (Å²) in [7, 11) is 0. The van der Waals surface area contributed by atoms with Crippen molar-refractivity contribution in [2.75, 3.05) is 4.90 Å². The van der Waals surface area contributed by atoms with Crippen LogP contribution < -0.4 is 4.90 Å². The van der Waals surface area contributed by atoms with E-state index < -0.39 is 5.41 Å². The van der Waals surface area contributed by atoms with Crippen LogP contribution in [0.3, 0.4) is 0 Å². The number of anilines is 3. The Morgan fingerprint density at radius 1 is 0.378 bits per heavy atom. The molecule has 1 nitrogen and oxygen atoms in total. The summed E-state index contributed by atoms with van der Waals surface area (Å²) in [6.07, 6.45) is 0. The zero-order chi connectivity index (χ0) is 30.2. The van der Waals surface area contributed by atoms with E-state index in [1.807, 2.05) is 0 Å². The van der Waals surface area contributed by atoms with E-state index in [4.69, 9.17) is 0 Å². The zero-order valence-corrected chi connectivity index (χ0v) is 26.2. The van der Waals surface area contributed by atoms with Gasteiger partial charge in [0.15, 0.2) is 0 Å². The van der Waals surface area contributed by atoms with Crippen molar-refractivity contribution in [1.29, 1.82) is 0 Å². The quantitative estimate of drug-likeness (QED) is 0.181. The molecule has 7 aromatic rings. The molecule has 1 aliphatic rings. The van der Waals surface area contributed by atoms with E-state index in [9.17, 15) is 0 Å². The summed E-state index contributed by atoms with van der Waals surface area (Å²) in [5, 5.41) is 0. The van der Waals surface area contributed by atoms with Gasteiger partial charge in [-0.3, -0.25) is 0 Å². The van der Waals surface area contributed by atoms with Crippen LogP contribution in [-0.4, -0.2) is 0 Å². The molecule has 0 atom stereocenters. The molecule has 2 heteroatoms. The van der Waals surface area contributed by atoms with Crippen molar-refractivity contribution in [3.8, 4) is 22.3 Å². The highest BCUT2D eigenvalue weighted by atomic mass is 79.9. The maximum Gasteiger partial charge on any atom is 0.0742 e. The average molecular weight is 641 g/mol. The topological polar surface area (TPSA) is 3.24 Å². The Morgan fingerprint density at radius 3 is 1.49 bits per heavy atom. The second-order valence-corrected chi connectivity index (χ2v) is 12.4. The molecule has 0 saturated carbocycles. The number of rotatable bonds is 5. The van der Waals surface area contributed by atoms with E-state index in [2.05, 4.69) is 203 Å². The van der Waals surface area contributed by atoms with E-state index in [-0.39, 0.29) is 0 Å². The van der Waals surface area contributed by atoms with Gasteiger partial charge in [-0.15, -0.1) is 0 Å². The Balaban J connectivity index is 1.53. The molecular formula is C43H30BrN. The number of halogens is 1. The molecule has 0 radical (unpaired) electrons. The molecule has 8 rings (SSSR count). The molecule has 45 heavy (non-hydrogen) atoms. The first-order valence-corrected chi connectivity index (χ1v) is 16.1. The second kappa shape index (κ2) is 11.4. The third kappa shape index (κ3) is 4.53. The minimum absolute atomic E-state index is 0.569. The molecule has 7 aromatic carbocycles. The molecule has 1 heterocycles. The first kappa shape index (κ1) is 27.4. The van der Waals surface area contributed by atoms with Gasteiger partial charge in [0.1, 0.15) is 0 Å². The van der Waals surface area contributed by atoms with Crippen LogP contribution in [0.25, 0.3) is 22.3 Å². The first-order chi connectivity index (χ1) is 22.2. The highest BCUT2D eigenvalue weighted by molar-refractivity contribution is 9.10. The van der Waals surface area contributed by atoms with Crippen LogP contribution >= 0.6 is 15.9 Å². The molecule has 0 saturated heterocycles. The van der Waals surface area contributed by atoms with Crippen molar-refractivity contribution in [2.24, 2.45) is 0 Å². The van der Waals surface area contributed by atoms with Crippen molar-refractivity contribution in [2.45, 2.75) is 5.41 Å². The van der Waals surface area contributed by atoms with E-state index in [1.165, 1.54) is 50.2 Å². The lowest BCUT2D eigenvalue weighted by atomic mass is 9.62. The fraction of sp³-hybridized carbons (Fsp3) is 0.0233. The molecule has 0 N–H and O–H groups in total. The van der Waals surface area contributed by atoms with Crippen LogP contribution in [0.15, 0.2) is 186 Å². The summed E-state index contributed by atoms with van der Waals surface area (Å²) in [6.45, 7) is 0. The molecule has 1 aliphatic heterocycles. The largest absolute Gasteiger partial charge is 0.309 e. The molecule has 0 aliphatic carbocycles. The minimum Gasteiger partial charge on any atom is -0.309 e. The maximum absolute atomic E-state index is 3.89. The lowest BCUT2D eigenvalue weighted by molar-refractivity contribution is 0.731. The standard InChI is InChI=1S/C43H30BrN/c44-36-26-28-42-39(30-36)43(34-19-9-3-10-20-34,35-21-11-4-12-22-35)38-29-33(31-15-5-1-6-16-31)25-27-41(38)45(42)40-24-14-13-23-37(40)32-17-7-2-8-18-32/h1-30H. The predicted molar refractivity (Wildman–Crippen MR) is 192 cm³/mol. The third-order valence-electron chi connectivity index (χ3n) is 9.00. The molecule has 0 aromatic heterocycles. The molecule has 0 fully saturated rings. The van der Waals surface area contributed by atoms with E-state index in [0.29, 0.717) is 0 Å². The normalized spacial score (nSPS) is 13.1. The van der Waals surface area contributed by atoms with Crippen molar-refractivity contribution in [3.63, 3.8) is 0 Å². The number of benzene rings is 7. The van der Waals surface area contributed by atoms with Crippen LogP contribution in [0.1, 0.15) is 22.3 Å². The van der Waals surface area contributed by atoms with Gasteiger partial charge in [0.25, 0.3) is 0 Å². The fourth-order valence-electron chi connectivity index (χ4n) is 7.07. The molecular weight excluding hydrogens is 610 g/mol. The average Bonchev–Trinajstić information content (AvgIpc) is 3.12. The van der Waals surface area contributed by atoms with E-state index >= 15 is 0 Å². The molecule has 0 bridgehead atoms. The Kier molecular flexibility index (Phi) is 6.93. The summed E-state index contributed by atoms with van der Waals surface area (Å²) >= 11 is 3.89. The van der Waals surface area contributed by atoms with E-state index in [1.54, 1.807) is 0 Å². The van der Waals surface area contributed by atoms with Crippen molar-refractivity contribution in [1.82, 2.24) is 0 Å². The Bertz CT molecular complexity index is 2070. The molecule has 214 valence electrons. The lowest BCUT2D eigenvalue weighted by Gasteiger charge is -2.47. The van der Waals surface area contributed by atoms with Crippen LogP contribution in [-0.2, 0) is 5.41 Å². The first-order valence-electron chi connectivity index (χ1n) is 15.3. The summed E-state index contributed by atoms with van der Waals surface area (Å²) in [5.74, 6) is 0. The summed E-state index contributed by atoms with van der Waals surface area (Å²) in [4.78, 5) is 2.47. The molecule has 0 spiro atoms. The number of para-hydroxylation sites is 1. The Labute approximate surface area is 273 Å². The second-order valence-electron chi connectivity index (χ2n) is 11.5. The predicted octanol–water partition coefficient (Wildman–Crippen LogP) is 11.9. The third-order valence-corrected chi connectivity index (χ3v) is 9.49. The summed E-state index contributed by atoms with van der Waals surface area (Å²) in [5.41, 5.74) is 12.6. The molecule has 0 unspecified atom stereocenters. The van der Waals surface area contributed by atoms with Gasteiger partial charge in [-0.25, -0.2) is 0 Å². The summed E-state index contributed by atoms with van der Waals surface area (Å²) < 4.78 is 1.05. The SMILES string of the molecule is Brc1ccc2c(c1)C(c1ccccc1)(c1ccccc1)c1cc(-c3ccccc3)ccc1N2c1ccccc1-c1ccccc1. The monoisotopic (exact) mass is 639 g/mol. The molecule has 0 amide bonds. The Morgan fingerprint density at radius 2 is 0.867 bits per heavy atom. The van der Waals surface area contributed by atoms with E-state index in [0.717, 1.165) is 15.8 Å². The van der Waals surface area contributed by atoms with Crippen molar-refractivity contribution >= 4 is 33.0 Å². The van der Waals surface area contributed by atoms with Crippen LogP contribution in [0, 0.1) is 0 Å². The Hall–Kier alpha value is -5.18. The van der Waals surface area contributed by atoms with Crippen molar-refractivity contribution < 1.29 is 0 Å². The lowest BCUT2D eigenvalue weighted by Crippen LogP contribution is -2.38. The number of hydrogen-bond donors (Lipinski definition) is 0. The number of nitrogens with zero attached hydrogens (tertiary/aromatic N) is 1. The van der Waals surface area contributed by atoms with Crippen LogP contribution in [0.2, 0.25) is 0 Å². The minimum atomic E-state index is -0.569. The van der Waals surface area contributed by atoms with Crippen LogP contribution in [0.4, 0.5) is 17.1 Å². The number of hydrogen-bond acceptors (Lipinski definition) is 1. The van der Waals surface area contributed by atoms with Gasteiger partial charge >= 0.3 is 0 Å². The number of fused-ring (bicyclic) bond motifs is 2. The van der Waals surface area contributed by atoms with Gasteiger partial charge < -0.3 is 4.90 Å². The highest BCUT2D eigenvalue weighted by Crippen LogP contribution is 2.59. The van der Waals surface area contributed by atoms with Gasteiger partial charge in [-0.2, -0.15) is 0 Å². The van der Waals surface area contributed by atoms with Gasteiger partial charge in [0, 0.05) is 10.0 Å². The smallest absolute Gasteiger partial charge is 0.0742 e. The van der Waals surface area contributed by atoms with Gasteiger partial charge in [0.05, 0.1) is 22.5 Å². The van der Waals surface area contributed by atoms with Gasteiger partial charge in [-0.1, -0.05) is 162 Å². The van der Waals surface area contributed by atoms with Gasteiger partial charge in [0.2, 0.25) is 0 Å². The highest BCUT2D eigenvalue weighted by Gasteiger charge is 2.47. The van der Waals surface area contributed by atoms with Crippen LogP contribution in [0.5, 0.6) is 0 Å². The van der Waals surface area contributed by atoms with Crippen molar-refractivity contribution in [3.05, 3.63) is 209 Å². The fourth-order valence-corrected chi connectivity index (χ4v) is 7.44. The zero-order valence-electron chi connectivity index (χ0n) is 24.6. The van der Waals surface area contributed by atoms with Gasteiger partial charge in [-0.05, 0) is 75.3 Å². The summed E-state index contributed by atoms with van der Waals surface area (Å²) in [6, 6.07) is 66.0.